The van der Waals surface area contributed by atoms with Gasteiger partial charge in [-0.15, -0.1) is 5.10 Å². The number of aromatic nitrogens is 2. The molecule has 1 aromatic heterocycles. The summed E-state index contributed by atoms with van der Waals surface area (Å²) in [4.78, 5) is 25.5. The molecule has 2 aromatic rings. The Balaban J connectivity index is 1.72. The van der Waals surface area contributed by atoms with Gasteiger partial charge >= 0.3 is 0 Å². The highest BCUT2D eigenvalue weighted by atomic mass is 16.5. The molecule has 1 aromatic carbocycles. The van der Waals surface area contributed by atoms with Gasteiger partial charge in [0.15, 0.2) is 5.78 Å². The van der Waals surface area contributed by atoms with Crippen LogP contribution in [0.25, 0.3) is 5.69 Å². The van der Waals surface area contributed by atoms with Crippen LogP contribution in [0.5, 0.6) is 5.88 Å². The number of amides is 1. The molecule has 1 atom stereocenters. The van der Waals surface area contributed by atoms with Gasteiger partial charge in [-0.05, 0) is 43.9 Å². The van der Waals surface area contributed by atoms with Crippen molar-refractivity contribution in [3.05, 3.63) is 59.2 Å². The molecule has 0 aliphatic heterocycles. The Morgan fingerprint density at radius 3 is 2.72 bits per heavy atom. The van der Waals surface area contributed by atoms with Crippen molar-refractivity contribution in [2.24, 2.45) is 5.92 Å². The molecule has 1 amide bonds. The van der Waals surface area contributed by atoms with E-state index in [1.54, 1.807) is 12.1 Å². The Labute approximate surface area is 169 Å². The van der Waals surface area contributed by atoms with Gasteiger partial charge in [-0.3, -0.25) is 9.59 Å². The van der Waals surface area contributed by atoms with Gasteiger partial charge in [0.1, 0.15) is 11.4 Å². The van der Waals surface area contributed by atoms with E-state index in [2.05, 4.69) is 10.4 Å². The van der Waals surface area contributed by atoms with Crippen molar-refractivity contribution in [3.63, 3.8) is 0 Å². The Kier molecular flexibility index (Phi) is 4.96. The fourth-order valence-corrected chi connectivity index (χ4v) is 3.40. The number of carbonyl (C=O) groups is 2. The molecular weight excluding hydrogens is 368 g/mol. The molecule has 29 heavy (non-hydrogen) atoms. The van der Waals surface area contributed by atoms with E-state index in [9.17, 15) is 9.59 Å². The molecule has 7 heteroatoms. The number of Topliss-reactive ketones (excluding diaryl/α,β-unsaturated/α-hetero) is 1. The van der Waals surface area contributed by atoms with Gasteiger partial charge in [0, 0.05) is 17.5 Å². The van der Waals surface area contributed by atoms with Gasteiger partial charge in [0.25, 0.3) is 5.91 Å². The predicted molar refractivity (Wildman–Crippen MR) is 110 cm³/mol. The molecule has 2 aliphatic carbocycles. The molecule has 0 saturated heterocycles. The van der Waals surface area contributed by atoms with Crippen LogP contribution >= 0.6 is 0 Å². The van der Waals surface area contributed by atoms with Crippen molar-refractivity contribution < 1.29 is 14.3 Å². The zero-order valence-corrected chi connectivity index (χ0v) is 16.5. The summed E-state index contributed by atoms with van der Waals surface area (Å²) in [6.45, 7) is 1.90. The van der Waals surface area contributed by atoms with E-state index in [4.69, 9.17) is 10.5 Å². The first-order valence-electron chi connectivity index (χ1n) is 9.71. The van der Waals surface area contributed by atoms with E-state index in [-0.39, 0.29) is 40.9 Å². The minimum absolute atomic E-state index is 0.123. The second-order valence-electron chi connectivity index (χ2n) is 7.45. The SMILES string of the molecule is COc1nn(-c2cc(C(=O)NC3CC3)ccc2C)c(N)c1C(=O)C1C=CC=CC1. The summed E-state index contributed by atoms with van der Waals surface area (Å²) >= 11 is 0. The van der Waals surface area contributed by atoms with Crippen LogP contribution in [-0.4, -0.2) is 34.6 Å². The van der Waals surface area contributed by atoms with E-state index in [0.717, 1.165) is 18.4 Å². The minimum Gasteiger partial charge on any atom is -0.479 e. The lowest BCUT2D eigenvalue weighted by atomic mass is 9.92. The maximum atomic E-state index is 13.1. The van der Waals surface area contributed by atoms with Crippen LogP contribution in [0.15, 0.2) is 42.5 Å². The first-order valence-corrected chi connectivity index (χ1v) is 9.71. The van der Waals surface area contributed by atoms with Crippen LogP contribution in [0, 0.1) is 12.8 Å². The van der Waals surface area contributed by atoms with Crippen molar-refractivity contribution in [1.29, 1.82) is 0 Å². The number of nitrogens with one attached hydrogen (secondary N) is 1. The van der Waals surface area contributed by atoms with Gasteiger partial charge in [-0.2, -0.15) is 0 Å². The van der Waals surface area contributed by atoms with E-state index >= 15 is 0 Å². The number of hydrogen-bond acceptors (Lipinski definition) is 5. The normalized spacial score (nSPS) is 17.9. The zero-order chi connectivity index (χ0) is 20.5. The van der Waals surface area contributed by atoms with Crippen molar-refractivity contribution in [1.82, 2.24) is 15.1 Å². The number of carbonyl (C=O) groups excluding carboxylic acids is 2. The number of nitrogen functional groups attached to an aromatic ring is 1. The third-order valence-corrected chi connectivity index (χ3v) is 5.26. The second-order valence-corrected chi connectivity index (χ2v) is 7.45. The summed E-state index contributed by atoms with van der Waals surface area (Å²) in [6.07, 6.45) is 10.2. The van der Waals surface area contributed by atoms with Crippen LogP contribution < -0.4 is 15.8 Å². The Morgan fingerprint density at radius 2 is 2.07 bits per heavy atom. The molecule has 150 valence electrons. The fraction of sp³-hybridized carbons (Fsp3) is 0.318. The summed E-state index contributed by atoms with van der Waals surface area (Å²) in [6, 6.07) is 5.64. The van der Waals surface area contributed by atoms with E-state index in [1.807, 2.05) is 37.3 Å². The van der Waals surface area contributed by atoms with Crippen LogP contribution in [0.1, 0.15) is 45.5 Å². The maximum absolute atomic E-state index is 13.1. The lowest BCUT2D eigenvalue weighted by Gasteiger charge is -2.13. The fourth-order valence-electron chi connectivity index (χ4n) is 3.40. The van der Waals surface area contributed by atoms with E-state index in [0.29, 0.717) is 17.7 Å². The molecule has 3 N–H and O–H groups in total. The highest BCUT2D eigenvalue weighted by molar-refractivity contribution is 6.05. The number of methoxy groups -OCH3 is 1. The Bertz CT molecular complexity index is 1030. The molecule has 1 fully saturated rings. The van der Waals surface area contributed by atoms with E-state index < -0.39 is 0 Å². The van der Waals surface area contributed by atoms with Gasteiger partial charge in [-0.25, -0.2) is 4.68 Å². The highest BCUT2D eigenvalue weighted by Crippen LogP contribution is 2.32. The molecule has 4 rings (SSSR count). The molecule has 7 nitrogen and oxygen atoms in total. The number of nitrogens with two attached hydrogens (primary N) is 1. The van der Waals surface area contributed by atoms with E-state index in [1.165, 1.54) is 11.8 Å². The minimum atomic E-state index is -0.300. The number of aryl methyl sites for hydroxylation is 1. The van der Waals surface area contributed by atoms with Crippen molar-refractivity contribution in [2.75, 3.05) is 12.8 Å². The summed E-state index contributed by atoms with van der Waals surface area (Å²) in [5.41, 5.74) is 8.68. The number of benzene rings is 1. The average Bonchev–Trinajstić information content (AvgIpc) is 3.49. The Morgan fingerprint density at radius 1 is 1.28 bits per heavy atom. The third kappa shape index (κ3) is 3.68. The van der Waals surface area contributed by atoms with Crippen molar-refractivity contribution >= 4 is 17.5 Å². The average molecular weight is 392 g/mol. The van der Waals surface area contributed by atoms with Crippen molar-refractivity contribution in [2.45, 2.75) is 32.2 Å². The standard InChI is InChI=1S/C22H24N4O3/c1-13-8-9-15(21(28)24-16-10-11-16)12-17(13)26-20(23)18(22(25-26)29-2)19(27)14-6-4-3-5-7-14/h3-6,8-9,12,14,16H,7,10-11,23H2,1-2H3,(H,24,28). The molecule has 0 spiro atoms. The quantitative estimate of drug-likeness (QED) is 0.737. The lowest BCUT2D eigenvalue weighted by Crippen LogP contribution is -2.25. The smallest absolute Gasteiger partial charge is 0.251 e. The summed E-state index contributed by atoms with van der Waals surface area (Å²) in [7, 11) is 1.46. The number of nitrogens with zero attached hydrogens (tertiary/aromatic N) is 2. The van der Waals surface area contributed by atoms with Gasteiger partial charge in [-0.1, -0.05) is 30.4 Å². The third-order valence-electron chi connectivity index (χ3n) is 5.26. The second kappa shape index (κ2) is 7.58. The number of ether oxygens (including phenoxy) is 1. The molecular formula is C22H24N4O3. The maximum Gasteiger partial charge on any atom is 0.251 e. The molecule has 1 saturated carbocycles. The summed E-state index contributed by atoms with van der Waals surface area (Å²) < 4.78 is 6.85. The molecule has 1 heterocycles. The van der Waals surface area contributed by atoms with Crippen LogP contribution in [0.3, 0.4) is 0 Å². The summed E-state index contributed by atoms with van der Waals surface area (Å²) in [5.74, 6) is -0.167. The molecule has 0 bridgehead atoms. The number of ketones is 1. The monoisotopic (exact) mass is 392 g/mol. The first kappa shape index (κ1) is 19.0. The van der Waals surface area contributed by atoms with Gasteiger partial charge in [0.05, 0.1) is 12.8 Å². The molecule has 2 aliphatic rings. The number of allylic oxidation sites excluding steroid dienone is 4. The van der Waals surface area contributed by atoms with Crippen LogP contribution in [0.4, 0.5) is 5.82 Å². The number of rotatable bonds is 6. The number of hydrogen-bond donors (Lipinski definition) is 2. The molecule has 0 radical (unpaired) electrons. The zero-order valence-electron chi connectivity index (χ0n) is 16.5. The lowest BCUT2D eigenvalue weighted by molar-refractivity contribution is 0.0938. The first-order chi connectivity index (χ1) is 14.0. The van der Waals surface area contributed by atoms with Gasteiger partial charge in [0.2, 0.25) is 5.88 Å². The molecule has 1 unspecified atom stereocenters. The predicted octanol–water partition coefficient (Wildman–Crippen LogP) is 2.98. The topological polar surface area (TPSA) is 99.2 Å². The van der Waals surface area contributed by atoms with Crippen LogP contribution in [0.2, 0.25) is 0 Å². The largest absolute Gasteiger partial charge is 0.479 e. The van der Waals surface area contributed by atoms with Crippen molar-refractivity contribution in [3.8, 4) is 11.6 Å². The highest BCUT2D eigenvalue weighted by Gasteiger charge is 2.29. The number of anilines is 1. The van der Waals surface area contributed by atoms with Crippen LogP contribution in [-0.2, 0) is 0 Å². The summed E-state index contributed by atoms with van der Waals surface area (Å²) in [5, 5.41) is 7.40. The Hall–Kier alpha value is -3.35. The van der Waals surface area contributed by atoms with Gasteiger partial charge < -0.3 is 15.8 Å².